The van der Waals surface area contributed by atoms with Gasteiger partial charge in [0, 0.05) is 25.2 Å². The van der Waals surface area contributed by atoms with Crippen molar-refractivity contribution in [2.24, 2.45) is 5.73 Å². The van der Waals surface area contributed by atoms with E-state index in [9.17, 15) is 14.8 Å². The van der Waals surface area contributed by atoms with Crippen LogP contribution in [0.15, 0.2) is 60.7 Å². The average molecular weight is 442 g/mol. The molecule has 1 saturated heterocycles. The molecule has 0 aliphatic carbocycles. The molecule has 0 radical (unpaired) electrons. The highest BCUT2D eigenvalue weighted by Crippen LogP contribution is 2.31. The first kappa shape index (κ1) is 23.2. The van der Waals surface area contributed by atoms with Crippen molar-refractivity contribution in [1.29, 1.82) is 0 Å². The fourth-order valence-corrected chi connectivity index (χ4v) is 4.72. The lowest BCUT2D eigenvalue weighted by molar-refractivity contribution is 0.0713. The van der Waals surface area contributed by atoms with Crippen molar-refractivity contribution in [3.05, 3.63) is 88.5 Å². The van der Waals surface area contributed by atoms with E-state index in [-0.39, 0.29) is 5.91 Å². The number of nitrogens with two attached hydrogens (primary N) is 1. The number of nitrogens with zero attached hydrogens (tertiary/aromatic N) is 1. The molecule has 0 unspecified atom stereocenters. The number of hydrogen-bond donors (Lipinski definition) is 3. The second-order valence-corrected chi connectivity index (χ2v) is 8.98. The van der Waals surface area contributed by atoms with Crippen LogP contribution in [0, 0.1) is 13.8 Å². The fraction of sp³-hybridized carbons (Fsp3) is 0.296. The minimum Gasteiger partial charge on any atom is -0.423 e. The number of rotatable bonds is 5. The molecule has 1 amide bonds. The molecule has 1 fully saturated rings. The summed E-state index contributed by atoms with van der Waals surface area (Å²) in [7, 11) is -1.52. The summed E-state index contributed by atoms with van der Waals surface area (Å²) in [5.74, 6) is 0.496. The Hall–Kier alpha value is -2.93. The number of benzene rings is 3. The number of likely N-dealkylation sites (tertiary alicyclic amines) is 1. The number of hydrogen-bond acceptors (Lipinski definition) is 4. The van der Waals surface area contributed by atoms with Gasteiger partial charge in [0.2, 0.25) is 0 Å². The van der Waals surface area contributed by atoms with Crippen molar-refractivity contribution >= 4 is 18.5 Å². The Labute approximate surface area is 196 Å². The number of amides is 1. The van der Waals surface area contributed by atoms with Gasteiger partial charge in [-0.1, -0.05) is 48.5 Å². The molecule has 3 aromatic carbocycles. The van der Waals surface area contributed by atoms with Gasteiger partial charge in [-0.15, -0.1) is 0 Å². The van der Waals surface area contributed by atoms with Crippen LogP contribution < -0.4 is 11.2 Å². The normalized spacial score (nSPS) is 14.4. The first-order chi connectivity index (χ1) is 15.9. The highest BCUT2D eigenvalue weighted by molar-refractivity contribution is 6.58. The van der Waals surface area contributed by atoms with Crippen LogP contribution in [0.1, 0.15) is 51.4 Å². The first-order valence-electron chi connectivity index (χ1n) is 11.5. The summed E-state index contributed by atoms with van der Waals surface area (Å²) in [5, 5.41) is 19.1. The van der Waals surface area contributed by atoms with Crippen LogP contribution in [-0.4, -0.2) is 41.1 Å². The monoisotopic (exact) mass is 442 g/mol. The van der Waals surface area contributed by atoms with E-state index in [0.29, 0.717) is 23.5 Å². The lowest BCUT2D eigenvalue weighted by Gasteiger charge is -2.32. The van der Waals surface area contributed by atoms with E-state index in [1.165, 1.54) is 5.56 Å². The zero-order valence-corrected chi connectivity index (χ0v) is 19.3. The SMILES string of the molecule is Cc1cc(C(=O)N2CCC(c3cccc(CN)c3)CC2)cc(-c2cccc(B(O)O)c2)c1C. The van der Waals surface area contributed by atoms with Crippen LogP contribution in [0.3, 0.4) is 0 Å². The highest BCUT2D eigenvalue weighted by Gasteiger charge is 2.25. The van der Waals surface area contributed by atoms with E-state index in [4.69, 9.17) is 5.73 Å². The fourth-order valence-electron chi connectivity index (χ4n) is 4.72. The Morgan fingerprint density at radius 3 is 2.45 bits per heavy atom. The first-order valence-corrected chi connectivity index (χ1v) is 11.5. The molecule has 6 heteroatoms. The second kappa shape index (κ2) is 9.92. The van der Waals surface area contributed by atoms with E-state index in [1.54, 1.807) is 18.2 Å². The Bertz CT molecular complexity index is 1150. The van der Waals surface area contributed by atoms with Crippen LogP contribution in [0.25, 0.3) is 11.1 Å². The third-order valence-electron chi connectivity index (χ3n) is 6.85. The Kier molecular flexibility index (Phi) is 6.98. The summed E-state index contributed by atoms with van der Waals surface area (Å²) >= 11 is 0. The van der Waals surface area contributed by atoms with Gasteiger partial charge in [0.05, 0.1) is 0 Å². The molecule has 1 aliphatic heterocycles. The molecular formula is C27H31BN2O3. The van der Waals surface area contributed by atoms with Gasteiger partial charge in [-0.2, -0.15) is 0 Å². The minimum absolute atomic E-state index is 0.0480. The van der Waals surface area contributed by atoms with E-state index in [0.717, 1.165) is 53.7 Å². The average Bonchev–Trinajstić information content (AvgIpc) is 2.85. The molecule has 33 heavy (non-hydrogen) atoms. The number of aryl methyl sites for hydroxylation is 1. The Morgan fingerprint density at radius 1 is 1.03 bits per heavy atom. The smallest absolute Gasteiger partial charge is 0.423 e. The van der Waals surface area contributed by atoms with Gasteiger partial charge in [-0.25, -0.2) is 0 Å². The molecule has 0 bridgehead atoms. The predicted octanol–water partition coefficient (Wildman–Crippen LogP) is 3.13. The third kappa shape index (κ3) is 5.03. The zero-order chi connectivity index (χ0) is 23.5. The van der Waals surface area contributed by atoms with Gasteiger partial charge in [0.25, 0.3) is 5.91 Å². The van der Waals surface area contributed by atoms with Crippen molar-refractivity contribution in [2.75, 3.05) is 13.1 Å². The standard InChI is InChI=1S/C27H31BN2O3/c1-18-13-24(16-26(19(18)2)23-7-4-8-25(15-23)28(32)33)27(31)30-11-9-21(10-12-30)22-6-3-5-20(14-22)17-29/h3-8,13-16,21,32-33H,9-12,17,29H2,1-2H3. The highest BCUT2D eigenvalue weighted by atomic mass is 16.4. The molecule has 4 rings (SSSR count). The molecule has 4 N–H and O–H groups in total. The van der Waals surface area contributed by atoms with Crippen LogP contribution in [0.2, 0.25) is 0 Å². The maximum atomic E-state index is 13.4. The van der Waals surface area contributed by atoms with Crippen molar-refractivity contribution < 1.29 is 14.8 Å². The molecule has 1 heterocycles. The summed E-state index contributed by atoms with van der Waals surface area (Å²) < 4.78 is 0. The van der Waals surface area contributed by atoms with Gasteiger partial charge < -0.3 is 20.7 Å². The van der Waals surface area contributed by atoms with Gasteiger partial charge >= 0.3 is 7.12 Å². The maximum Gasteiger partial charge on any atom is 0.488 e. The summed E-state index contributed by atoms with van der Waals surface area (Å²) in [4.78, 5) is 15.3. The maximum absolute atomic E-state index is 13.4. The Balaban J connectivity index is 1.54. The molecular weight excluding hydrogens is 411 g/mol. The predicted molar refractivity (Wildman–Crippen MR) is 133 cm³/mol. The van der Waals surface area contributed by atoms with E-state index < -0.39 is 7.12 Å². The molecule has 0 spiro atoms. The number of carbonyl (C=O) groups is 1. The number of carbonyl (C=O) groups excluding carboxylic acids is 1. The summed E-state index contributed by atoms with van der Waals surface area (Å²) in [6.07, 6.45) is 1.88. The van der Waals surface area contributed by atoms with E-state index >= 15 is 0 Å². The van der Waals surface area contributed by atoms with Gasteiger partial charge in [0.15, 0.2) is 0 Å². The van der Waals surface area contributed by atoms with E-state index in [2.05, 4.69) is 24.3 Å². The van der Waals surface area contributed by atoms with Crippen molar-refractivity contribution in [1.82, 2.24) is 4.90 Å². The van der Waals surface area contributed by atoms with Crippen LogP contribution in [0.4, 0.5) is 0 Å². The topological polar surface area (TPSA) is 86.8 Å². The minimum atomic E-state index is -1.52. The van der Waals surface area contributed by atoms with Crippen molar-refractivity contribution in [3.8, 4) is 11.1 Å². The summed E-state index contributed by atoms with van der Waals surface area (Å²) in [6, 6.07) is 19.5. The Morgan fingerprint density at radius 2 is 1.76 bits per heavy atom. The van der Waals surface area contributed by atoms with Crippen LogP contribution >= 0.6 is 0 Å². The molecule has 0 saturated carbocycles. The van der Waals surface area contributed by atoms with Crippen molar-refractivity contribution in [3.63, 3.8) is 0 Å². The van der Waals surface area contributed by atoms with Gasteiger partial charge in [0.1, 0.15) is 0 Å². The zero-order valence-electron chi connectivity index (χ0n) is 19.3. The van der Waals surface area contributed by atoms with E-state index in [1.807, 2.05) is 36.9 Å². The van der Waals surface area contributed by atoms with Crippen LogP contribution in [0.5, 0.6) is 0 Å². The van der Waals surface area contributed by atoms with Gasteiger partial charge in [-0.3, -0.25) is 4.79 Å². The molecule has 170 valence electrons. The molecule has 0 aromatic heterocycles. The lowest BCUT2D eigenvalue weighted by atomic mass is 9.78. The molecule has 3 aromatic rings. The number of piperidine rings is 1. The van der Waals surface area contributed by atoms with Crippen LogP contribution in [-0.2, 0) is 6.54 Å². The molecule has 1 aliphatic rings. The molecule has 5 nitrogen and oxygen atoms in total. The summed E-state index contributed by atoms with van der Waals surface area (Å²) in [5.41, 5.74) is 13.3. The lowest BCUT2D eigenvalue weighted by Crippen LogP contribution is -2.38. The second-order valence-electron chi connectivity index (χ2n) is 8.98. The third-order valence-corrected chi connectivity index (χ3v) is 6.85. The molecule has 0 atom stereocenters. The quantitative estimate of drug-likeness (QED) is 0.530. The largest absolute Gasteiger partial charge is 0.488 e. The van der Waals surface area contributed by atoms with Crippen molar-refractivity contribution in [2.45, 2.75) is 39.2 Å². The summed E-state index contributed by atoms with van der Waals surface area (Å²) in [6.45, 7) is 6.04. The van der Waals surface area contributed by atoms with Gasteiger partial charge in [-0.05, 0) is 83.6 Å².